The van der Waals surface area contributed by atoms with Gasteiger partial charge in [-0.25, -0.2) is 14.7 Å². The second-order valence-electron chi connectivity index (χ2n) is 9.50. The molecule has 0 saturated carbocycles. The maximum absolute atomic E-state index is 13.3. The standard InChI is InChI=1S/C27H34N2O3SSi/c1-27(2,3)34(4,5)31-19-20-33-21-22-13-12-18-28-25(22)29(23-14-8-6-9-15-23)26(30)32-24-16-10-7-11-17-24/h6-18H,19-21H2,1-5H3. The predicted octanol–water partition coefficient (Wildman–Crippen LogP) is 7.67. The van der Waals surface area contributed by atoms with E-state index in [1.165, 1.54) is 4.90 Å². The lowest BCUT2D eigenvalue weighted by atomic mass is 10.2. The summed E-state index contributed by atoms with van der Waals surface area (Å²) < 4.78 is 12.0. The van der Waals surface area contributed by atoms with Gasteiger partial charge >= 0.3 is 6.09 Å². The number of pyridine rings is 1. The molecule has 180 valence electrons. The molecule has 1 amide bonds. The Morgan fingerprint density at radius 3 is 2.26 bits per heavy atom. The molecule has 1 heterocycles. The van der Waals surface area contributed by atoms with E-state index in [0.717, 1.165) is 17.9 Å². The second-order valence-corrected chi connectivity index (χ2v) is 15.4. The van der Waals surface area contributed by atoms with E-state index in [1.807, 2.05) is 60.7 Å². The van der Waals surface area contributed by atoms with Crippen molar-refractivity contribution >= 4 is 37.7 Å². The number of carbonyl (C=O) groups is 1. The van der Waals surface area contributed by atoms with E-state index in [9.17, 15) is 4.79 Å². The van der Waals surface area contributed by atoms with E-state index in [1.54, 1.807) is 30.1 Å². The van der Waals surface area contributed by atoms with Crippen molar-refractivity contribution in [1.29, 1.82) is 0 Å². The number of hydrogen-bond donors (Lipinski definition) is 0. The molecular weight excluding hydrogens is 460 g/mol. The molecule has 3 rings (SSSR count). The van der Waals surface area contributed by atoms with Crippen molar-refractivity contribution in [3.63, 3.8) is 0 Å². The Morgan fingerprint density at radius 2 is 1.62 bits per heavy atom. The zero-order valence-corrected chi connectivity index (χ0v) is 22.5. The molecule has 0 N–H and O–H groups in total. The molecule has 0 atom stereocenters. The van der Waals surface area contributed by atoms with Crippen LogP contribution in [0.2, 0.25) is 18.1 Å². The fourth-order valence-electron chi connectivity index (χ4n) is 3.02. The fraction of sp³-hybridized carbons (Fsp3) is 0.333. The van der Waals surface area contributed by atoms with E-state index in [4.69, 9.17) is 9.16 Å². The van der Waals surface area contributed by atoms with Crippen LogP contribution in [0.1, 0.15) is 26.3 Å². The molecule has 0 aliphatic rings. The number of thioether (sulfide) groups is 1. The summed E-state index contributed by atoms with van der Waals surface area (Å²) >= 11 is 1.78. The topological polar surface area (TPSA) is 51.7 Å². The Labute approximate surface area is 208 Å². The molecule has 3 aromatic rings. The quantitative estimate of drug-likeness (QED) is 0.226. The first-order valence-electron chi connectivity index (χ1n) is 11.5. The van der Waals surface area contributed by atoms with Crippen molar-refractivity contribution in [3.05, 3.63) is 84.6 Å². The van der Waals surface area contributed by atoms with Gasteiger partial charge in [0.1, 0.15) is 11.6 Å². The van der Waals surface area contributed by atoms with Crippen LogP contribution in [0.15, 0.2) is 79.0 Å². The Bertz CT molecular complexity index is 1060. The van der Waals surface area contributed by atoms with Crippen LogP contribution in [0.25, 0.3) is 0 Å². The van der Waals surface area contributed by atoms with Crippen molar-refractivity contribution in [1.82, 2.24) is 4.98 Å². The number of hydrogen-bond acceptors (Lipinski definition) is 5. The van der Waals surface area contributed by atoms with Gasteiger partial charge in [0, 0.05) is 29.9 Å². The lowest BCUT2D eigenvalue weighted by Gasteiger charge is -2.36. The summed E-state index contributed by atoms with van der Waals surface area (Å²) in [6, 6.07) is 22.5. The van der Waals surface area contributed by atoms with Crippen molar-refractivity contribution in [3.8, 4) is 5.75 Å². The van der Waals surface area contributed by atoms with Crippen LogP contribution in [-0.2, 0) is 10.2 Å². The fourth-order valence-corrected chi connectivity index (χ4v) is 5.01. The molecule has 0 unspecified atom stereocenters. The first-order chi connectivity index (χ1) is 16.2. The molecule has 34 heavy (non-hydrogen) atoms. The minimum absolute atomic E-state index is 0.198. The highest BCUT2D eigenvalue weighted by Gasteiger charge is 2.36. The van der Waals surface area contributed by atoms with Crippen LogP contribution < -0.4 is 9.64 Å². The monoisotopic (exact) mass is 494 g/mol. The average molecular weight is 495 g/mol. The third kappa shape index (κ3) is 6.95. The molecule has 0 aliphatic heterocycles. The maximum Gasteiger partial charge on any atom is 0.425 e. The van der Waals surface area contributed by atoms with Gasteiger partial charge in [0.15, 0.2) is 8.32 Å². The molecule has 0 bridgehead atoms. The van der Waals surface area contributed by atoms with Crippen LogP contribution in [0.5, 0.6) is 5.75 Å². The molecule has 0 aliphatic carbocycles. The van der Waals surface area contributed by atoms with Crippen LogP contribution in [0.3, 0.4) is 0 Å². The highest BCUT2D eigenvalue weighted by Crippen LogP contribution is 2.36. The summed E-state index contributed by atoms with van der Waals surface area (Å²) in [5.41, 5.74) is 1.67. The van der Waals surface area contributed by atoms with Gasteiger partial charge in [0.2, 0.25) is 0 Å². The van der Waals surface area contributed by atoms with Crippen molar-refractivity contribution in [2.45, 2.75) is 44.7 Å². The number of carbonyl (C=O) groups excluding carboxylic acids is 1. The van der Waals surface area contributed by atoms with Crippen LogP contribution in [0.4, 0.5) is 16.3 Å². The van der Waals surface area contributed by atoms with Crippen LogP contribution >= 0.6 is 11.8 Å². The Hall–Kier alpha value is -2.61. The number of rotatable bonds is 9. The predicted molar refractivity (Wildman–Crippen MR) is 145 cm³/mol. The van der Waals surface area contributed by atoms with Gasteiger partial charge in [0.05, 0.1) is 5.69 Å². The van der Waals surface area contributed by atoms with Gasteiger partial charge in [-0.3, -0.25) is 0 Å². The molecule has 5 nitrogen and oxygen atoms in total. The lowest BCUT2D eigenvalue weighted by molar-refractivity contribution is 0.210. The van der Waals surface area contributed by atoms with E-state index in [0.29, 0.717) is 23.0 Å². The highest BCUT2D eigenvalue weighted by molar-refractivity contribution is 7.98. The Balaban J connectivity index is 1.74. The molecule has 0 spiro atoms. The number of benzene rings is 2. The molecular formula is C27H34N2O3SSi. The summed E-state index contributed by atoms with van der Waals surface area (Å²) in [7, 11) is -1.75. The summed E-state index contributed by atoms with van der Waals surface area (Å²) in [6.45, 7) is 12.0. The highest BCUT2D eigenvalue weighted by atomic mass is 32.2. The first kappa shape index (κ1) is 26.0. The average Bonchev–Trinajstić information content (AvgIpc) is 2.80. The van der Waals surface area contributed by atoms with E-state index >= 15 is 0 Å². The molecule has 0 radical (unpaired) electrons. The van der Waals surface area contributed by atoms with E-state index < -0.39 is 14.4 Å². The summed E-state index contributed by atoms with van der Waals surface area (Å²) in [5.74, 6) is 2.66. The molecule has 0 saturated heterocycles. The van der Waals surface area contributed by atoms with Crippen molar-refractivity contribution in [2.24, 2.45) is 0 Å². The molecule has 7 heteroatoms. The van der Waals surface area contributed by atoms with Gasteiger partial charge in [-0.15, -0.1) is 0 Å². The minimum atomic E-state index is -1.75. The molecule has 0 fully saturated rings. The van der Waals surface area contributed by atoms with Gasteiger partial charge in [-0.1, -0.05) is 63.2 Å². The van der Waals surface area contributed by atoms with Gasteiger partial charge in [-0.2, -0.15) is 11.8 Å². The third-order valence-electron chi connectivity index (χ3n) is 5.98. The molecule has 1 aromatic heterocycles. The summed E-state index contributed by atoms with van der Waals surface area (Å²) in [6.07, 6.45) is 1.21. The largest absolute Gasteiger partial charge is 0.425 e. The zero-order chi connectivity index (χ0) is 24.6. The second kappa shape index (κ2) is 11.7. The number of nitrogens with zero attached hydrogens (tertiary/aromatic N) is 2. The Kier molecular flexibility index (Phi) is 8.94. The van der Waals surface area contributed by atoms with Gasteiger partial charge < -0.3 is 9.16 Å². The van der Waals surface area contributed by atoms with Crippen molar-refractivity contribution < 1.29 is 14.0 Å². The number of para-hydroxylation sites is 2. The van der Waals surface area contributed by atoms with Gasteiger partial charge in [0.25, 0.3) is 0 Å². The summed E-state index contributed by atoms with van der Waals surface area (Å²) in [5, 5.41) is 0.198. The number of anilines is 2. The normalized spacial score (nSPS) is 11.8. The zero-order valence-electron chi connectivity index (χ0n) is 20.7. The van der Waals surface area contributed by atoms with Crippen LogP contribution in [0, 0.1) is 0 Å². The number of aromatic nitrogens is 1. The maximum atomic E-state index is 13.3. The lowest BCUT2D eigenvalue weighted by Crippen LogP contribution is -2.41. The van der Waals surface area contributed by atoms with Gasteiger partial charge in [-0.05, 0) is 48.5 Å². The van der Waals surface area contributed by atoms with Crippen molar-refractivity contribution in [2.75, 3.05) is 17.3 Å². The number of ether oxygens (including phenoxy) is 1. The Morgan fingerprint density at radius 1 is 0.971 bits per heavy atom. The SMILES string of the molecule is CC(C)(C)[Si](C)(C)OCCSCc1cccnc1N(C(=O)Oc1ccccc1)c1ccccc1. The smallest absolute Gasteiger partial charge is 0.416 e. The van der Waals surface area contributed by atoms with E-state index in [-0.39, 0.29) is 5.04 Å². The number of amides is 1. The van der Waals surface area contributed by atoms with E-state index in [2.05, 4.69) is 38.8 Å². The minimum Gasteiger partial charge on any atom is -0.416 e. The third-order valence-corrected chi connectivity index (χ3v) is 11.5. The van der Waals surface area contributed by atoms with Crippen LogP contribution in [-0.4, -0.2) is 31.8 Å². The molecule has 2 aromatic carbocycles. The summed E-state index contributed by atoms with van der Waals surface area (Å²) in [4.78, 5) is 19.4. The first-order valence-corrected chi connectivity index (χ1v) is 15.5.